The van der Waals surface area contributed by atoms with Crippen LogP contribution >= 0.6 is 35.0 Å². The summed E-state index contributed by atoms with van der Waals surface area (Å²) < 4.78 is 7.11. The molecule has 0 aliphatic heterocycles. The summed E-state index contributed by atoms with van der Waals surface area (Å²) >= 11 is 13.4. The van der Waals surface area contributed by atoms with Gasteiger partial charge in [0.05, 0.1) is 35.3 Å². The van der Waals surface area contributed by atoms with Crippen LogP contribution in [-0.2, 0) is 11.3 Å². The highest BCUT2D eigenvalue weighted by Gasteiger charge is 2.14. The highest BCUT2D eigenvalue weighted by Crippen LogP contribution is 2.23. The molecule has 0 atom stereocenters. The lowest BCUT2D eigenvalue weighted by Gasteiger charge is -2.10. The Balaban J connectivity index is 1.69. The largest absolute Gasteiger partial charge is 0.380 e. The lowest BCUT2D eigenvalue weighted by Crippen LogP contribution is -2.27. The van der Waals surface area contributed by atoms with Crippen molar-refractivity contribution in [2.45, 2.75) is 18.6 Å². The second kappa shape index (κ2) is 10.8. The highest BCUT2D eigenvalue weighted by molar-refractivity contribution is 7.98. The number of anilines is 1. The number of fused-ring (bicyclic) bond motifs is 1. The molecule has 11 heteroatoms. The molecule has 1 amide bonds. The first-order valence-electron chi connectivity index (χ1n) is 9.36. The van der Waals surface area contributed by atoms with Crippen LogP contribution in [0.1, 0.15) is 17.3 Å². The third-order valence-corrected chi connectivity index (χ3v) is 5.28. The Kier molecular flexibility index (Phi) is 8.15. The van der Waals surface area contributed by atoms with Gasteiger partial charge in [-0.25, -0.2) is 14.6 Å². The van der Waals surface area contributed by atoms with Crippen LogP contribution in [0.25, 0.3) is 11.0 Å². The minimum absolute atomic E-state index is 0.272. The summed E-state index contributed by atoms with van der Waals surface area (Å²) in [4.78, 5) is 21.5. The van der Waals surface area contributed by atoms with Crippen LogP contribution in [0.4, 0.5) is 5.82 Å². The van der Waals surface area contributed by atoms with Gasteiger partial charge >= 0.3 is 0 Å². The zero-order chi connectivity index (χ0) is 21.5. The Labute approximate surface area is 188 Å². The smallest absolute Gasteiger partial charge is 0.252 e. The zero-order valence-corrected chi connectivity index (χ0v) is 18.9. The molecule has 0 bridgehead atoms. The second-order valence-electron chi connectivity index (χ2n) is 6.17. The summed E-state index contributed by atoms with van der Waals surface area (Å²) in [6.45, 7) is 4.66. The van der Waals surface area contributed by atoms with Gasteiger partial charge < -0.3 is 15.4 Å². The van der Waals surface area contributed by atoms with Crippen molar-refractivity contribution in [3.8, 4) is 0 Å². The SMILES string of the molecule is CCOCCNc1nc(SC)nc2c1cnn2CCNC(=O)c1ccc(Cl)cc1Cl. The van der Waals surface area contributed by atoms with E-state index in [4.69, 9.17) is 27.9 Å². The molecular formula is C19H22Cl2N6O2S. The minimum atomic E-state index is -0.272. The Morgan fingerprint density at radius 2 is 2.10 bits per heavy atom. The number of ether oxygens (including phenoxy) is 1. The fourth-order valence-corrected chi connectivity index (χ4v) is 3.61. The maximum Gasteiger partial charge on any atom is 0.252 e. The third-order valence-electron chi connectivity index (χ3n) is 4.19. The highest BCUT2D eigenvalue weighted by atomic mass is 35.5. The molecule has 0 spiro atoms. The van der Waals surface area contributed by atoms with Crippen molar-refractivity contribution in [2.75, 3.05) is 37.9 Å². The van der Waals surface area contributed by atoms with E-state index < -0.39 is 0 Å². The van der Waals surface area contributed by atoms with E-state index in [0.717, 1.165) is 5.39 Å². The van der Waals surface area contributed by atoms with Crippen LogP contribution in [0.5, 0.6) is 0 Å². The van der Waals surface area contributed by atoms with E-state index in [1.165, 1.54) is 11.8 Å². The number of thioether (sulfide) groups is 1. The second-order valence-corrected chi connectivity index (χ2v) is 7.78. The number of amides is 1. The average molecular weight is 469 g/mol. The van der Waals surface area contributed by atoms with Gasteiger partial charge in [-0.1, -0.05) is 35.0 Å². The minimum Gasteiger partial charge on any atom is -0.380 e. The van der Waals surface area contributed by atoms with Crippen LogP contribution < -0.4 is 10.6 Å². The molecule has 1 aromatic carbocycles. The summed E-state index contributed by atoms with van der Waals surface area (Å²) in [5, 5.41) is 12.8. The average Bonchev–Trinajstić information content (AvgIpc) is 3.14. The number of rotatable bonds is 10. The van der Waals surface area contributed by atoms with Crippen molar-refractivity contribution in [1.29, 1.82) is 0 Å². The first kappa shape index (κ1) is 22.6. The number of nitrogens with one attached hydrogen (secondary N) is 2. The monoisotopic (exact) mass is 468 g/mol. The van der Waals surface area contributed by atoms with E-state index in [2.05, 4.69) is 25.7 Å². The van der Waals surface area contributed by atoms with Crippen LogP contribution in [-0.4, -0.2) is 58.2 Å². The fourth-order valence-electron chi connectivity index (χ4n) is 2.76. The van der Waals surface area contributed by atoms with Crippen LogP contribution in [0.3, 0.4) is 0 Å². The van der Waals surface area contributed by atoms with E-state index in [9.17, 15) is 4.79 Å². The van der Waals surface area contributed by atoms with Gasteiger partial charge in [0.2, 0.25) is 0 Å². The Bertz CT molecular complexity index is 1030. The Hall–Kier alpha value is -2.07. The maximum atomic E-state index is 12.4. The van der Waals surface area contributed by atoms with E-state index >= 15 is 0 Å². The van der Waals surface area contributed by atoms with Gasteiger partial charge in [0.1, 0.15) is 5.82 Å². The summed E-state index contributed by atoms with van der Waals surface area (Å²) in [6.07, 6.45) is 3.64. The number of nitrogens with zero attached hydrogens (tertiary/aromatic N) is 4. The zero-order valence-electron chi connectivity index (χ0n) is 16.6. The van der Waals surface area contributed by atoms with Crippen molar-refractivity contribution in [3.63, 3.8) is 0 Å². The van der Waals surface area contributed by atoms with Gasteiger partial charge in [-0.2, -0.15) is 5.10 Å². The van der Waals surface area contributed by atoms with Gasteiger partial charge in [-0.3, -0.25) is 4.79 Å². The predicted octanol–water partition coefficient (Wildman–Crippen LogP) is 3.73. The first-order chi connectivity index (χ1) is 14.5. The predicted molar refractivity (Wildman–Crippen MR) is 121 cm³/mol. The molecule has 8 nitrogen and oxygen atoms in total. The van der Waals surface area contributed by atoms with E-state index in [1.807, 2.05) is 13.2 Å². The molecule has 0 saturated carbocycles. The standard InChI is InChI=1S/C19H22Cl2N6O2S/c1-3-29-9-7-22-16-14-11-24-27(17(14)26-19(25-16)30-2)8-6-23-18(28)13-5-4-12(20)10-15(13)21/h4-5,10-11H,3,6-9H2,1-2H3,(H,23,28)(H,22,25,26). The van der Waals surface area contributed by atoms with E-state index in [1.54, 1.807) is 29.1 Å². The fraction of sp³-hybridized carbons (Fsp3) is 0.368. The van der Waals surface area contributed by atoms with Crippen molar-refractivity contribution >= 4 is 57.7 Å². The maximum absolute atomic E-state index is 12.4. The van der Waals surface area contributed by atoms with Crippen molar-refractivity contribution in [2.24, 2.45) is 0 Å². The number of hydrogen-bond acceptors (Lipinski definition) is 7. The van der Waals surface area contributed by atoms with Crippen molar-refractivity contribution < 1.29 is 9.53 Å². The molecule has 0 unspecified atom stereocenters. The Morgan fingerprint density at radius 1 is 1.27 bits per heavy atom. The molecule has 30 heavy (non-hydrogen) atoms. The molecular weight excluding hydrogens is 447 g/mol. The van der Waals surface area contributed by atoms with E-state index in [-0.39, 0.29) is 5.91 Å². The van der Waals surface area contributed by atoms with Crippen LogP contribution in [0.15, 0.2) is 29.6 Å². The number of halogens is 2. The normalized spacial score (nSPS) is 11.1. The summed E-state index contributed by atoms with van der Waals surface area (Å²) in [6, 6.07) is 4.77. The third kappa shape index (κ3) is 5.54. The molecule has 0 aliphatic carbocycles. The molecule has 160 valence electrons. The molecule has 2 heterocycles. The van der Waals surface area contributed by atoms with Crippen LogP contribution in [0.2, 0.25) is 10.0 Å². The van der Waals surface area contributed by atoms with E-state index in [0.29, 0.717) is 65.1 Å². The van der Waals surface area contributed by atoms with Gasteiger partial charge in [-0.05, 0) is 31.4 Å². The topological polar surface area (TPSA) is 94.0 Å². The van der Waals surface area contributed by atoms with Gasteiger partial charge in [0, 0.05) is 24.7 Å². The molecule has 0 fully saturated rings. The number of carbonyl (C=O) groups excluding carboxylic acids is 1. The van der Waals surface area contributed by atoms with Crippen molar-refractivity contribution in [1.82, 2.24) is 25.1 Å². The Morgan fingerprint density at radius 3 is 2.83 bits per heavy atom. The van der Waals surface area contributed by atoms with Crippen molar-refractivity contribution in [3.05, 3.63) is 40.0 Å². The lowest BCUT2D eigenvalue weighted by atomic mass is 10.2. The molecule has 0 radical (unpaired) electrons. The summed E-state index contributed by atoms with van der Waals surface area (Å²) in [5.41, 5.74) is 1.08. The summed E-state index contributed by atoms with van der Waals surface area (Å²) in [7, 11) is 0. The molecule has 3 aromatic rings. The molecule has 0 saturated heterocycles. The molecule has 3 rings (SSSR count). The number of carbonyl (C=O) groups is 1. The molecule has 2 aromatic heterocycles. The van der Waals surface area contributed by atoms with Gasteiger partial charge in [-0.15, -0.1) is 0 Å². The van der Waals surface area contributed by atoms with Gasteiger partial charge in [0.25, 0.3) is 5.91 Å². The number of benzene rings is 1. The number of hydrogen-bond donors (Lipinski definition) is 2. The molecule has 2 N–H and O–H groups in total. The van der Waals surface area contributed by atoms with Gasteiger partial charge in [0.15, 0.2) is 10.8 Å². The first-order valence-corrected chi connectivity index (χ1v) is 11.3. The quantitative estimate of drug-likeness (QED) is 0.266. The van der Waals surface area contributed by atoms with Crippen LogP contribution in [0, 0.1) is 0 Å². The summed E-state index contributed by atoms with van der Waals surface area (Å²) in [5.74, 6) is 0.443. The molecule has 0 aliphatic rings. The number of aromatic nitrogens is 4. The lowest BCUT2D eigenvalue weighted by molar-refractivity contribution is 0.0952.